The van der Waals surface area contributed by atoms with Gasteiger partial charge in [-0.3, -0.25) is 0 Å². The van der Waals surface area contributed by atoms with Gasteiger partial charge >= 0.3 is 0 Å². The zero-order valence-electron chi connectivity index (χ0n) is 10.5. The number of rotatable bonds is 5. The number of hydrogen-bond acceptors (Lipinski definition) is 4. The Morgan fingerprint density at radius 2 is 2.06 bits per heavy atom. The van der Waals surface area contributed by atoms with Gasteiger partial charge < -0.3 is 20.5 Å². The van der Waals surface area contributed by atoms with Crippen LogP contribution in [0.2, 0.25) is 0 Å². The van der Waals surface area contributed by atoms with Gasteiger partial charge in [-0.05, 0) is 37.4 Å². The van der Waals surface area contributed by atoms with Crippen molar-refractivity contribution >= 4 is 5.69 Å². The van der Waals surface area contributed by atoms with Gasteiger partial charge in [0.25, 0.3) is 0 Å². The molecule has 0 saturated carbocycles. The molecule has 2 rings (SSSR count). The number of hydrogen-bond donors (Lipinski definition) is 2. The van der Waals surface area contributed by atoms with Gasteiger partial charge in [-0.25, -0.2) is 0 Å². The Kier molecular flexibility index (Phi) is 3.74. The van der Waals surface area contributed by atoms with Crippen molar-refractivity contribution in [2.45, 2.75) is 20.3 Å². The first-order valence-corrected chi connectivity index (χ1v) is 6.05. The predicted molar refractivity (Wildman–Crippen MR) is 68.6 cm³/mol. The Hall–Kier alpha value is -1.42. The van der Waals surface area contributed by atoms with E-state index in [9.17, 15) is 0 Å². The molecule has 0 amide bonds. The van der Waals surface area contributed by atoms with Crippen LogP contribution in [0.5, 0.6) is 11.5 Å². The fraction of sp³-hybridized carbons (Fsp3) is 0.538. The van der Waals surface area contributed by atoms with Crippen molar-refractivity contribution in [3.8, 4) is 11.5 Å². The summed E-state index contributed by atoms with van der Waals surface area (Å²) in [7, 11) is 0. The monoisotopic (exact) mass is 236 g/mol. The van der Waals surface area contributed by atoms with Crippen LogP contribution < -0.4 is 20.5 Å². The second-order valence-corrected chi connectivity index (χ2v) is 4.58. The van der Waals surface area contributed by atoms with E-state index in [2.05, 4.69) is 19.2 Å². The lowest BCUT2D eigenvalue weighted by Gasteiger charge is -2.13. The van der Waals surface area contributed by atoms with Crippen molar-refractivity contribution in [2.24, 2.45) is 11.7 Å². The van der Waals surface area contributed by atoms with Gasteiger partial charge in [-0.2, -0.15) is 0 Å². The molecular weight excluding hydrogens is 216 g/mol. The quantitative estimate of drug-likeness (QED) is 0.822. The van der Waals surface area contributed by atoms with Gasteiger partial charge in [-0.1, -0.05) is 6.92 Å². The van der Waals surface area contributed by atoms with Gasteiger partial charge in [-0.15, -0.1) is 0 Å². The summed E-state index contributed by atoms with van der Waals surface area (Å²) in [5.74, 6) is 2.21. The smallest absolute Gasteiger partial charge is 0.231 e. The molecule has 0 saturated heterocycles. The maximum atomic E-state index is 5.59. The predicted octanol–water partition coefficient (Wildman–Crippen LogP) is 2.12. The highest BCUT2D eigenvalue weighted by molar-refractivity contribution is 5.60. The molecule has 17 heavy (non-hydrogen) atoms. The number of benzene rings is 1. The molecule has 1 aliphatic heterocycles. The lowest BCUT2D eigenvalue weighted by atomic mass is 10.1. The van der Waals surface area contributed by atoms with Crippen molar-refractivity contribution in [1.82, 2.24) is 0 Å². The molecule has 1 atom stereocenters. The molecule has 0 spiro atoms. The summed E-state index contributed by atoms with van der Waals surface area (Å²) in [6, 6.07) is 4.02. The average molecular weight is 236 g/mol. The Balaban J connectivity index is 1.97. The fourth-order valence-electron chi connectivity index (χ4n) is 1.81. The summed E-state index contributed by atoms with van der Waals surface area (Å²) in [6.07, 6.45) is 1.07. The maximum Gasteiger partial charge on any atom is 0.231 e. The summed E-state index contributed by atoms with van der Waals surface area (Å²) < 4.78 is 10.7. The molecule has 1 aliphatic rings. The number of aryl methyl sites for hydroxylation is 1. The lowest BCUT2D eigenvalue weighted by molar-refractivity contribution is 0.174. The number of nitrogens with two attached hydrogens (primary N) is 1. The van der Waals surface area contributed by atoms with Crippen LogP contribution in [0.25, 0.3) is 0 Å². The maximum absolute atomic E-state index is 5.59. The van der Waals surface area contributed by atoms with Crippen LogP contribution in [0, 0.1) is 12.8 Å². The first-order valence-electron chi connectivity index (χ1n) is 6.05. The zero-order valence-corrected chi connectivity index (χ0v) is 10.5. The number of ether oxygens (including phenoxy) is 2. The Morgan fingerprint density at radius 3 is 2.76 bits per heavy atom. The summed E-state index contributed by atoms with van der Waals surface area (Å²) in [6.45, 7) is 6.22. The van der Waals surface area contributed by atoms with E-state index in [1.165, 1.54) is 5.56 Å². The van der Waals surface area contributed by atoms with Crippen molar-refractivity contribution in [3.05, 3.63) is 17.7 Å². The van der Waals surface area contributed by atoms with Gasteiger partial charge in [0, 0.05) is 18.3 Å². The van der Waals surface area contributed by atoms with Gasteiger partial charge in [0.1, 0.15) is 0 Å². The van der Waals surface area contributed by atoms with E-state index in [0.717, 1.165) is 36.7 Å². The largest absolute Gasteiger partial charge is 0.454 e. The molecule has 4 nitrogen and oxygen atoms in total. The first-order chi connectivity index (χ1) is 8.20. The highest BCUT2D eigenvalue weighted by atomic mass is 16.7. The molecule has 1 heterocycles. The van der Waals surface area contributed by atoms with Gasteiger partial charge in [0.2, 0.25) is 6.79 Å². The molecular formula is C13H20N2O2. The molecule has 3 N–H and O–H groups in total. The lowest BCUT2D eigenvalue weighted by Crippen LogP contribution is -2.15. The Morgan fingerprint density at radius 1 is 1.35 bits per heavy atom. The summed E-state index contributed by atoms with van der Waals surface area (Å²) in [5.41, 5.74) is 7.88. The molecule has 1 unspecified atom stereocenters. The van der Waals surface area contributed by atoms with E-state index in [1.807, 2.05) is 12.1 Å². The minimum Gasteiger partial charge on any atom is -0.454 e. The van der Waals surface area contributed by atoms with Crippen LogP contribution in [0.4, 0.5) is 5.69 Å². The van der Waals surface area contributed by atoms with Crippen LogP contribution >= 0.6 is 0 Å². The molecule has 4 heteroatoms. The zero-order chi connectivity index (χ0) is 12.3. The molecule has 0 aromatic heterocycles. The second kappa shape index (κ2) is 5.27. The number of fused-ring (bicyclic) bond motifs is 1. The van der Waals surface area contributed by atoms with Crippen LogP contribution in [-0.2, 0) is 0 Å². The second-order valence-electron chi connectivity index (χ2n) is 4.58. The third-order valence-electron chi connectivity index (χ3n) is 3.07. The first kappa shape index (κ1) is 12.0. The standard InChI is InChI=1S/C13H20N2O2/c1-9(7-14)3-4-15-11-6-13-12(5-10(11)2)16-8-17-13/h5-6,9,15H,3-4,7-8,14H2,1-2H3. The molecule has 94 valence electrons. The molecule has 0 bridgehead atoms. The average Bonchev–Trinajstić information content (AvgIpc) is 2.76. The third-order valence-corrected chi connectivity index (χ3v) is 3.07. The minimum absolute atomic E-state index is 0.322. The molecule has 1 aromatic carbocycles. The van der Waals surface area contributed by atoms with Crippen molar-refractivity contribution in [2.75, 3.05) is 25.2 Å². The van der Waals surface area contributed by atoms with E-state index in [4.69, 9.17) is 15.2 Å². The van der Waals surface area contributed by atoms with Crippen molar-refractivity contribution in [3.63, 3.8) is 0 Å². The summed E-state index contributed by atoms with van der Waals surface area (Å²) >= 11 is 0. The molecule has 0 fully saturated rings. The molecule has 0 radical (unpaired) electrons. The third kappa shape index (κ3) is 2.82. The topological polar surface area (TPSA) is 56.5 Å². The summed E-state index contributed by atoms with van der Waals surface area (Å²) in [5, 5.41) is 3.42. The Bertz CT molecular complexity index is 393. The van der Waals surface area contributed by atoms with Crippen molar-refractivity contribution in [1.29, 1.82) is 0 Å². The van der Waals surface area contributed by atoms with Crippen LogP contribution in [0.3, 0.4) is 0 Å². The minimum atomic E-state index is 0.322. The van der Waals surface area contributed by atoms with Gasteiger partial charge in [0.15, 0.2) is 11.5 Å². The van der Waals surface area contributed by atoms with E-state index in [1.54, 1.807) is 0 Å². The van der Waals surface area contributed by atoms with Crippen LogP contribution in [0.15, 0.2) is 12.1 Å². The van der Waals surface area contributed by atoms with E-state index >= 15 is 0 Å². The fourth-order valence-corrected chi connectivity index (χ4v) is 1.81. The SMILES string of the molecule is Cc1cc2c(cc1NCCC(C)CN)OCO2. The van der Waals surface area contributed by atoms with Crippen LogP contribution in [0.1, 0.15) is 18.9 Å². The van der Waals surface area contributed by atoms with Crippen LogP contribution in [-0.4, -0.2) is 19.9 Å². The summed E-state index contributed by atoms with van der Waals surface area (Å²) in [4.78, 5) is 0. The van der Waals surface area contributed by atoms with E-state index < -0.39 is 0 Å². The van der Waals surface area contributed by atoms with Crippen molar-refractivity contribution < 1.29 is 9.47 Å². The highest BCUT2D eigenvalue weighted by Gasteiger charge is 2.15. The molecule has 0 aliphatic carbocycles. The van der Waals surface area contributed by atoms with E-state index in [0.29, 0.717) is 12.7 Å². The molecule has 1 aromatic rings. The number of nitrogens with one attached hydrogen (secondary N) is 1. The normalized spacial score (nSPS) is 14.8. The van der Waals surface area contributed by atoms with E-state index in [-0.39, 0.29) is 0 Å². The Labute approximate surface area is 102 Å². The highest BCUT2D eigenvalue weighted by Crippen LogP contribution is 2.36. The number of anilines is 1. The van der Waals surface area contributed by atoms with Gasteiger partial charge in [0.05, 0.1) is 0 Å².